The number of hydrogen-bond acceptors (Lipinski definition) is 4. The first kappa shape index (κ1) is 16.7. The van der Waals surface area contributed by atoms with Gasteiger partial charge in [-0.15, -0.1) is 0 Å². The molecule has 0 saturated carbocycles. The molecule has 2 aromatic carbocycles. The van der Waals surface area contributed by atoms with Crippen molar-refractivity contribution >= 4 is 33.3 Å². The van der Waals surface area contributed by atoms with Gasteiger partial charge >= 0.3 is 0 Å². The summed E-state index contributed by atoms with van der Waals surface area (Å²) < 4.78 is 22.7. The third kappa shape index (κ3) is 3.52. The van der Waals surface area contributed by atoms with E-state index < -0.39 is 10.8 Å². The summed E-state index contributed by atoms with van der Waals surface area (Å²) in [6.45, 7) is 0.369. The molecule has 1 atom stereocenters. The Labute approximate surface area is 147 Å². The normalized spacial score (nSPS) is 12.1. The van der Waals surface area contributed by atoms with Gasteiger partial charge in [0, 0.05) is 39.6 Å². The predicted molar refractivity (Wildman–Crippen MR) is 96.4 cm³/mol. The predicted octanol–water partition coefficient (Wildman–Crippen LogP) is 4.21. The smallest absolute Gasteiger partial charge is 0.139 e. The van der Waals surface area contributed by atoms with E-state index in [0.717, 1.165) is 21.4 Å². The Balaban J connectivity index is 1.89. The quantitative estimate of drug-likeness (QED) is 0.683. The highest BCUT2D eigenvalue weighted by molar-refractivity contribution is 7.84. The van der Waals surface area contributed by atoms with Gasteiger partial charge in [0.1, 0.15) is 18.1 Å². The molecule has 0 spiro atoms. The molecule has 0 fully saturated rings. The summed E-state index contributed by atoms with van der Waals surface area (Å²) in [4.78, 5) is 5.11. The van der Waals surface area contributed by atoms with Crippen LogP contribution in [0.4, 0.5) is 0 Å². The summed E-state index contributed by atoms with van der Waals surface area (Å²) >= 11 is 6.21. The van der Waals surface area contributed by atoms with Crippen molar-refractivity contribution in [3.8, 4) is 11.5 Å². The van der Waals surface area contributed by atoms with E-state index in [2.05, 4.69) is 4.98 Å². The largest absolute Gasteiger partial charge is 0.495 e. The maximum Gasteiger partial charge on any atom is 0.139 e. The molecule has 3 aromatic rings. The molecule has 0 aliphatic heterocycles. The van der Waals surface area contributed by atoms with E-state index in [9.17, 15) is 4.21 Å². The highest BCUT2D eigenvalue weighted by Gasteiger charge is 2.09. The Kier molecular flexibility index (Phi) is 5.02. The van der Waals surface area contributed by atoms with E-state index >= 15 is 0 Å². The Hall–Kier alpha value is -2.11. The zero-order chi connectivity index (χ0) is 17.1. The number of nitrogens with zero attached hydrogens (tertiary/aromatic N) is 1. The van der Waals surface area contributed by atoms with Crippen molar-refractivity contribution < 1.29 is 13.7 Å². The maximum atomic E-state index is 11.6. The third-order valence-corrected chi connectivity index (χ3v) is 4.81. The molecule has 0 amide bonds. The number of benzene rings is 2. The standard InChI is InChI=1S/C18H16ClNO3S/c1-22-18-10-16-14(9-15(18)19)17(6-7-20-16)23-11-12-4-3-5-13(8-12)24(2)21/h3-10H,11H2,1-2H3. The number of pyridine rings is 1. The zero-order valence-electron chi connectivity index (χ0n) is 13.3. The van der Waals surface area contributed by atoms with Crippen LogP contribution in [0.5, 0.6) is 11.5 Å². The van der Waals surface area contributed by atoms with E-state index in [1.165, 1.54) is 0 Å². The number of ether oxygens (including phenoxy) is 2. The van der Waals surface area contributed by atoms with Crippen molar-refractivity contribution in [2.45, 2.75) is 11.5 Å². The van der Waals surface area contributed by atoms with Gasteiger partial charge in [0.2, 0.25) is 0 Å². The van der Waals surface area contributed by atoms with Crippen LogP contribution in [0.25, 0.3) is 10.9 Å². The average molecular weight is 362 g/mol. The Morgan fingerprint density at radius 1 is 1.17 bits per heavy atom. The lowest BCUT2D eigenvalue weighted by atomic mass is 10.2. The summed E-state index contributed by atoms with van der Waals surface area (Å²) in [5.74, 6) is 1.26. The van der Waals surface area contributed by atoms with Crippen LogP contribution in [-0.4, -0.2) is 22.6 Å². The van der Waals surface area contributed by atoms with Crippen LogP contribution in [0, 0.1) is 0 Å². The van der Waals surface area contributed by atoms with Crippen LogP contribution < -0.4 is 9.47 Å². The zero-order valence-corrected chi connectivity index (χ0v) is 14.9. The number of rotatable bonds is 5. The van der Waals surface area contributed by atoms with Gasteiger partial charge in [-0.25, -0.2) is 0 Å². The minimum atomic E-state index is -1.01. The first-order valence-electron chi connectivity index (χ1n) is 7.26. The van der Waals surface area contributed by atoms with Crippen molar-refractivity contribution in [2.75, 3.05) is 13.4 Å². The summed E-state index contributed by atoms with van der Waals surface area (Å²) in [6, 6.07) is 12.9. The molecular formula is C18H16ClNO3S. The monoisotopic (exact) mass is 361 g/mol. The van der Waals surface area contributed by atoms with E-state index in [1.807, 2.05) is 24.3 Å². The lowest BCUT2D eigenvalue weighted by Gasteiger charge is -2.11. The van der Waals surface area contributed by atoms with Gasteiger partial charge in [0.25, 0.3) is 0 Å². The van der Waals surface area contributed by atoms with Gasteiger partial charge in [-0.05, 0) is 29.8 Å². The molecule has 24 heavy (non-hydrogen) atoms. The lowest BCUT2D eigenvalue weighted by molar-refractivity contribution is 0.309. The molecule has 1 aromatic heterocycles. The fraction of sp³-hybridized carbons (Fsp3) is 0.167. The third-order valence-electron chi connectivity index (χ3n) is 3.60. The highest BCUT2D eigenvalue weighted by Crippen LogP contribution is 2.33. The molecule has 0 bridgehead atoms. The summed E-state index contributed by atoms with van der Waals surface area (Å²) in [6.07, 6.45) is 3.34. The first-order valence-corrected chi connectivity index (χ1v) is 9.19. The fourth-order valence-electron chi connectivity index (χ4n) is 2.38. The minimum Gasteiger partial charge on any atom is -0.495 e. The Morgan fingerprint density at radius 2 is 2.00 bits per heavy atom. The summed E-state index contributed by atoms with van der Waals surface area (Å²) in [5.41, 5.74) is 1.70. The molecule has 1 heterocycles. The molecule has 0 saturated heterocycles. The second-order valence-electron chi connectivity index (χ2n) is 5.20. The SMILES string of the molecule is COc1cc2nccc(OCc3cccc(S(C)=O)c3)c2cc1Cl. The second kappa shape index (κ2) is 7.20. The van der Waals surface area contributed by atoms with Crippen LogP contribution >= 0.6 is 11.6 Å². The number of aromatic nitrogens is 1. The molecular weight excluding hydrogens is 346 g/mol. The number of fused-ring (bicyclic) bond motifs is 1. The van der Waals surface area contributed by atoms with Crippen molar-refractivity contribution in [1.29, 1.82) is 0 Å². The molecule has 3 rings (SSSR count). The lowest BCUT2D eigenvalue weighted by Crippen LogP contribution is -1.98. The molecule has 6 heteroatoms. The van der Waals surface area contributed by atoms with Crippen LogP contribution in [0.3, 0.4) is 0 Å². The minimum absolute atomic E-state index is 0.369. The molecule has 0 N–H and O–H groups in total. The molecule has 0 aliphatic carbocycles. The highest BCUT2D eigenvalue weighted by atomic mass is 35.5. The Morgan fingerprint density at radius 3 is 2.75 bits per heavy atom. The number of halogens is 1. The van der Waals surface area contributed by atoms with Gasteiger partial charge in [-0.2, -0.15) is 0 Å². The maximum absolute atomic E-state index is 11.6. The average Bonchev–Trinajstić information content (AvgIpc) is 2.59. The molecule has 124 valence electrons. The van der Waals surface area contributed by atoms with Crippen molar-refractivity contribution in [1.82, 2.24) is 4.98 Å². The van der Waals surface area contributed by atoms with E-state index in [4.69, 9.17) is 21.1 Å². The molecule has 0 radical (unpaired) electrons. The van der Waals surface area contributed by atoms with E-state index in [1.54, 1.807) is 37.8 Å². The van der Waals surface area contributed by atoms with Gasteiger partial charge in [-0.3, -0.25) is 9.19 Å². The van der Waals surface area contributed by atoms with Crippen molar-refractivity contribution in [3.63, 3.8) is 0 Å². The number of methoxy groups -OCH3 is 1. The molecule has 4 nitrogen and oxygen atoms in total. The van der Waals surface area contributed by atoms with Crippen molar-refractivity contribution in [3.05, 3.63) is 59.2 Å². The Bertz CT molecular complexity index is 914. The second-order valence-corrected chi connectivity index (χ2v) is 6.99. The van der Waals surface area contributed by atoms with Crippen molar-refractivity contribution in [2.24, 2.45) is 0 Å². The molecule has 0 aliphatic rings. The van der Waals surface area contributed by atoms with Gasteiger partial charge in [0.05, 0.1) is 17.6 Å². The van der Waals surface area contributed by atoms with Crippen LogP contribution in [0.2, 0.25) is 5.02 Å². The first-order chi connectivity index (χ1) is 11.6. The fourth-order valence-corrected chi connectivity index (χ4v) is 3.21. The van der Waals surface area contributed by atoms with Crippen LogP contribution in [-0.2, 0) is 17.4 Å². The van der Waals surface area contributed by atoms with Gasteiger partial charge in [0.15, 0.2) is 0 Å². The summed E-state index contributed by atoms with van der Waals surface area (Å²) in [5, 5.41) is 1.32. The van der Waals surface area contributed by atoms with Gasteiger partial charge in [-0.1, -0.05) is 23.7 Å². The van der Waals surface area contributed by atoms with Crippen LogP contribution in [0.15, 0.2) is 53.6 Å². The topological polar surface area (TPSA) is 48.4 Å². The van der Waals surface area contributed by atoms with Gasteiger partial charge < -0.3 is 9.47 Å². The van der Waals surface area contributed by atoms with E-state index in [-0.39, 0.29) is 0 Å². The van der Waals surface area contributed by atoms with E-state index in [0.29, 0.717) is 23.1 Å². The number of hydrogen-bond donors (Lipinski definition) is 0. The molecule has 1 unspecified atom stereocenters. The summed E-state index contributed by atoms with van der Waals surface area (Å²) in [7, 11) is 0.554. The van der Waals surface area contributed by atoms with Crippen LogP contribution in [0.1, 0.15) is 5.56 Å².